The van der Waals surface area contributed by atoms with Crippen molar-refractivity contribution in [1.29, 1.82) is 0 Å². The van der Waals surface area contributed by atoms with Gasteiger partial charge in [-0.15, -0.1) is 0 Å². The standard InChI is InChI=1S/C16H15NO3.C2H6/c1-11-3-8-14(17-10-18)9-15(11)12-4-6-13(7-5-12)16(19)20-2;1-2/h3-10H,1-2H3,(H,17,18);1-2H3. The second kappa shape index (κ2) is 8.62. The number of benzene rings is 2. The highest BCUT2D eigenvalue weighted by Crippen LogP contribution is 2.26. The molecule has 22 heavy (non-hydrogen) atoms. The van der Waals surface area contributed by atoms with Crippen LogP contribution < -0.4 is 5.32 Å². The summed E-state index contributed by atoms with van der Waals surface area (Å²) >= 11 is 0. The molecule has 116 valence electrons. The van der Waals surface area contributed by atoms with Gasteiger partial charge < -0.3 is 10.1 Å². The van der Waals surface area contributed by atoms with Crippen molar-refractivity contribution in [3.05, 3.63) is 53.6 Å². The molecule has 0 aliphatic heterocycles. The molecule has 0 radical (unpaired) electrons. The second-order valence-corrected chi connectivity index (χ2v) is 4.36. The Labute approximate surface area is 131 Å². The quantitative estimate of drug-likeness (QED) is 0.684. The summed E-state index contributed by atoms with van der Waals surface area (Å²) in [5, 5.41) is 2.63. The lowest BCUT2D eigenvalue weighted by Gasteiger charge is -2.09. The molecule has 1 amide bonds. The number of hydrogen-bond donors (Lipinski definition) is 1. The van der Waals surface area contributed by atoms with Gasteiger partial charge >= 0.3 is 5.97 Å². The van der Waals surface area contributed by atoms with E-state index in [2.05, 4.69) is 10.1 Å². The maximum atomic E-state index is 11.4. The summed E-state index contributed by atoms with van der Waals surface area (Å²) in [6.07, 6.45) is 0.648. The van der Waals surface area contributed by atoms with E-state index in [1.807, 2.05) is 51.1 Å². The second-order valence-electron chi connectivity index (χ2n) is 4.36. The zero-order valence-electron chi connectivity index (χ0n) is 13.3. The van der Waals surface area contributed by atoms with Gasteiger partial charge in [0.1, 0.15) is 0 Å². The molecular formula is C18H21NO3. The molecule has 0 aliphatic carbocycles. The van der Waals surface area contributed by atoms with Gasteiger partial charge in [0.15, 0.2) is 0 Å². The molecule has 1 N–H and O–H groups in total. The number of carbonyl (C=O) groups excluding carboxylic acids is 2. The van der Waals surface area contributed by atoms with E-state index >= 15 is 0 Å². The lowest BCUT2D eigenvalue weighted by atomic mass is 9.99. The Morgan fingerprint density at radius 1 is 1.09 bits per heavy atom. The number of rotatable bonds is 4. The van der Waals surface area contributed by atoms with Crippen molar-refractivity contribution in [2.24, 2.45) is 0 Å². The van der Waals surface area contributed by atoms with Crippen LogP contribution in [-0.2, 0) is 9.53 Å². The Morgan fingerprint density at radius 3 is 2.27 bits per heavy atom. The summed E-state index contributed by atoms with van der Waals surface area (Å²) in [6.45, 7) is 5.99. The maximum Gasteiger partial charge on any atom is 0.337 e. The van der Waals surface area contributed by atoms with Crippen molar-refractivity contribution in [1.82, 2.24) is 0 Å². The lowest BCUT2D eigenvalue weighted by molar-refractivity contribution is -0.105. The van der Waals surface area contributed by atoms with Crippen molar-refractivity contribution >= 4 is 18.1 Å². The molecule has 0 saturated carbocycles. The van der Waals surface area contributed by atoms with Gasteiger partial charge in [-0.1, -0.05) is 32.0 Å². The van der Waals surface area contributed by atoms with Gasteiger partial charge in [-0.2, -0.15) is 0 Å². The topological polar surface area (TPSA) is 55.4 Å². The average Bonchev–Trinajstić information content (AvgIpc) is 2.58. The summed E-state index contributed by atoms with van der Waals surface area (Å²) in [5.41, 5.74) is 4.32. The molecule has 0 aliphatic rings. The fourth-order valence-corrected chi connectivity index (χ4v) is 1.99. The Morgan fingerprint density at radius 2 is 1.73 bits per heavy atom. The molecule has 4 heteroatoms. The summed E-state index contributed by atoms with van der Waals surface area (Å²) in [7, 11) is 1.36. The summed E-state index contributed by atoms with van der Waals surface area (Å²) in [4.78, 5) is 21.9. The van der Waals surface area contributed by atoms with Crippen molar-refractivity contribution < 1.29 is 14.3 Å². The van der Waals surface area contributed by atoms with E-state index in [1.165, 1.54) is 7.11 Å². The van der Waals surface area contributed by atoms with Crippen LogP contribution in [0, 0.1) is 6.92 Å². The normalized spacial score (nSPS) is 9.27. The Kier molecular flexibility index (Phi) is 6.83. The molecule has 0 unspecified atom stereocenters. The van der Waals surface area contributed by atoms with Crippen LogP contribution in [0.25, 0.3) is 11.1 Å². The minimum Gasteiger partial charge on any atom is -0.465 e. The Balaban J connectivity index is 0.00000116. The van der Waals surface area contributed by atoms with E-state index in [0.717, 1.165) is 22.4 Å². The van der Waals surface area contributed by atoms with Gasteiger partial charge in [0, 0.05) is 5.69 Å². The molecule has 0 heterocycles. The van der Waals surface area contributed by atoms with Crippen LogP contribution in [0.5, 0.6) is 0 Å². The highest BCUT2D eigenvalue weighted by Gasteiger charge is 2.07. The third-order valence-corrected chi connectivity index (χ3v) is 3.08. The number of methoxy groups -OCH3 is 1. The molecule has 0 aromatic heterocycles. The monoisotopic (exact) mass is 299 g/mol. The summed E-state index contributed by atoms with van der Waals surface area (Å²) < 4.78 is 4.67. The average molecular weight is 299 g/mol. The molecule has 0 saturated heterocycles. The number of amides is 1. The predicted octanol–water partition coefficient (Wildman–Crippen LogP) is 4.04. The highest BCUT2D eigenvalue weighted by molar-refractivity contribution is 5.90. The maximum absolute atomic E-state index is 11.4. The Bertz CT molecular complexity index is 633. The van der Waals surface area contributed by atoms with Gasteiger partial charge in [0.05, 0.1) is 12.7 Å². The van der Waals surface area contributed by atoms with Gasteiger partial charge in [0.2, 0.25) is 6.41 Å². The fraction of sp³-hybridized carbons (Fsp3) is 0.222. The molecule has 2 aromatic carbocycles. The van der Waals surface area contributed by atoms with Crippen LogP contribution in [0.4, 0.5) is 5.69 Å². The van der Waals surface area contributed by atoms with E-state index in [-0.39, 0.29) is 5.97 Å². The van der Waals surface area contributed by atoms with Crippen LogP contribution in [0.15, 0.2) is 42.5 Å². The number of aryl methyl sites for hydroxylation is 1. The summed E-state index contributed by atoms with van der Waals surface area (Å²) in [5.74, 6) is -0.357. The molecule has 0 atom stereocenters. The minimum atomic E-state index is -0.357. The van der Waals surface area contributed by atoms with Crippen LogP contribution in [-0.4, -0.2) is 19.5 Å². The number of anilines is 1. The first-order valence-electron chi connectivity index (χ1n) is 7.15. The number of nitrogens with one attached hydrogen (secondary N) is 1. The molecule has 2 aromatic rings. The number of esters is 1. The highest BCUT2D eigenvalue weighted by atomic mass is 16.5. The number of carbonyl (C=O) groups is 2. The first-order chi connectivity index (χ1) is 10.7. The zero-order valence-corrected chi connectivity index (χ0v) is 13.3. The van der Waals surface area contributed by atoms with E-state index in [4.69, 9.17) is 0 Å². The molecule has 0 spiro atoms. The molecule has 0 bridgehead atoms. The first-order valence-corrected chi connectivity index (χ1v) is 7.15. The van der Waals surface area contributed by atoms with Gasteiger partial charge in [-0.3, -0.25) is 4.79 Å². The first kappa shape index (κ1) is 17.4. The van der Waals surface area contributed by atoms with Gasteiger partial charge in [-0.05, 0) is 47.9 Å². The zero-order chi connectivity index (χ0) is 16.5. The predicted molar refractivity (Wildman–Crippen MR) is 89.0 cm³/mol. The van der Waals surface area contributed by atoms with Crippen molar-refractivity contribution in [3.8, 4) is 11.1 Å². The summed E-state index contributed by atoms with van der Waals surface area (Å²) in [6, 6.07) is 12.8. The third kappa shape index (κ3) is 4.19. The van der Waals surface area contributed by atoms with Crippen LogP contribution >= 0.6 is 0 Å². The largest absolute Gasteiger partial charge is 0.465 e. The molecule has 4 nitrogen and oxygen atoms in total. The fourth-order valence-electron chi connectivity index (χ4n) is 1.99. The van der Waals surface area contributed by atoms with Crippen LogP contribution in [0.2, 0.25) is 0 Å². The van der Waals surface area contributed by atoms with Gasteiger partial charge in [0.25, 0.3) is 0 Å². The van der Waals surface area contributed by atoms with E-state index < -0.39 is 0 Å². The molecule has 2 rings (SSSR count). The molecular weight excluding hydrogens is 278 g/mol. The van der Waals surface area contributed by atoms with Crippen LogP contribution in [0.1, 0.15) is 29.8 Å². The molecule has 0 fully saturated rings. The smallest absolute Gasteiger partial charge is 0.337 e. The van der Waals surface area contributed by atoms with Crippen molar-refractivity contribution in [2.45, 2.75) is 20.8 Å². The lowest BCUT2D eigenvalue weighted by Crippen LogP contribution is -2.00. The van der Waals surface area contributed by atoms with Crippen molar-refractivity contribution in [2.75, 3.05) is 12.4 Å². The van der Waals surface area contributed by atoms with E-state index in [9.17, 15) is 9.59 Å². The third-order valence-electron chi connectivity index (χ3n) is 3.08. The van der Waals surface area contributed by atoms with Gasteiger partial charge in [-0.25, -0.2) is 4.79 Å². The van der Waals surface area contributed by atoms with E-state index in [0.29, 0.717) is 12.0 Å². The van der Waals surface area contributed by atoms with E-state index in [1.54, 1.807) is 12.1 Å². The van der Waals surface area contributed by atoms with Crippen molar-refractivity contribution in [3.63, 3.8) is 0 Å². The number of ether oxygens (including phenoxy) is 1. The minimum absolute atomic E-state index is 0.357. The number of hydrogen-bond acceptors (Lipinski definition) is 3. The SMILES string of the molecule is CC.COC(=O)c1ccc(-c2cc(NC=O)ccc2C)cc1. The van der Waals surface area contributed by atoms with Crippen LogP contribution in [0.3, 0.4) is 0 Å². The Hall–Kier alpha value is -2.62.